The van der Waals surface area contributed by atoms with Crippen LogP contribution in [0.4, 0.5) is 0 Å². The molecule has 0 bridgehead atoms. The Bertz CT molecular complexity index is 537. The second-order valence-corrected chi connectivity index (χ2v) is 4.04. The first kappa shape index (κ1) is 12.4. The molecule has 0 saturated heterocycles. The first-order valence-electron chi connectivity index (χ1n) is 5.22. The van der Waals surface area contributed by atoms with Crippen LogP contribution in [0.3, 0.4) is 0 Å². The molecule has 0 spiro atoms. The van der Waals surface area contributed by atoms with E-state index in [1.165, 1.54) is 12.3 Å². The number of benzene rings is 1. The third kappa shape index (κ3) is 3.21. The second-order valence-electron chi connectivity index (χ2n) is 3.60. The van der Waals surface area contributed by atoms with Gasteiger partial charge in [-0.3, -0.25) is 0 Å². The number of carboxylic acids is 1. The minimum absolute atomic E-state index is 0.00570. The largest absolute Gasteiger partial charge is 0.487 e. The fraction of sp³-hybridized carbons (Fsp3) is 0.0769. The topological polar surface area (TPSA) is 59.4 Å². The van der Waals surface area contributed by atoms with Gasteiger partial charge in [-0.2, -0.15) is 0 Å². The van der Waals surface area contributed by atoms with Crippen molar-refractivity contribution in [3.63, 3.8) is 0 Å². The monoisotopic (exact) mass is 263 g/mol. The van der Waals surface area contributed by atoms with E-state index in [1.54, 1.807) is 18.2 Å². The van der Waals surface area contributed by atoms with E-state index in [1.807, 2.05) is 12.1 Å². The molecule has 1 aromatic heterocycles. The molecule has 0 aliphatic heterocycles. The zero-order chi connectivity index (χ0) is 13.0. The van der Waals surface area contributed by atoms with Gasteiger partial charge >= 0.3 is 5.97 Å². The van der Waals surface area contributed by atoms with Gasteiger partial charge in [-0.05, 0) is 29.8 Å². The zero-order valence-corrected chi connectivity index (χ0v) is 10.1. The minimum atomic E-state index is -1.06. The van der Waals surface area contributed by atoms with E-state index in [4.69, 9.17) is 21.4 Å². The van der Waals surface area contributed by atoms with Crippen molar-refractivity contribution in [3.05, 3.63) is 58.9 Å². The van der Waals surface area contributed by atoms with Gasteiger partial charge < -0.3 is 9.84 Å². The SMILES string of the molecule is O=C(O)c1ccc(OCc2ccc(Cl)cc2)cn1. The standard InChI is InChI=1S/C13H10ClNO3/c14-10-3-1-9(2-4-10)8-18-11-5-6-12(13(16)17)15-7-11/h1-7H,8H2,(H,16,17). The maximum atomic E-state index is 10.6. The van der Waals surface area contributed by atoms with E-state index in [2.05, 4.69) is 4.98 Å². The van der Waals surface area contributed by atoms with E-state index >= 15 is 0 Å². The summed E-state index contributed by atoms with van der Waals surface area (Å²) in [5.74, 6) is -0.533. The fourth-order valence-corrected chi connectivity index (χ4v) is 1.47. The van der Waals surface area contributed by atoms with E-state index in [-0.39, 0.29) is 5.69 Å². The van der Waals surface area contributed by atoms with Crippen LogP contribution in [0, 0.1) is 0 Å². The van der Waals surface area contributed by atoms with Gasteiger partial charge in [0, 0.05) is 5.02 Å². The van der Waals surface area contributed by atoms with Crippen LogP contribution in [-0.4, -0.2) is 16.1 Å². The van der Waals surface area contributed by atoms with Crippen LogP contribution in [0.2, 0.25) is 5.02 Å². The third-order valence-corrected chi connectivity index (χ3v) is 2.53. The average molecular weight is 264 g/mol. The summed E-state index contributed by atoms with van der Waals surface area (Å²) >= 11 is 5.77. The molecular weight excluding hydrogens is 254 g/mol. The highest BCUT2D eigenvalue weighted by molar-refractivity contribution is 6.30. The number of aromatic carboxylic acids is 1. The second kappa shape index (κ2) is 5.51. The first-order valence-corrected chi connectivity index (χ1v) is 5.59. The number of nitrogens with zero attached hydrogens (tertiary/aromatic N) is 1. The lowest BCUT2D eigenvalue weighted by molar-refractivity contribution is 0.0690. The molecule has 1 aromatic carbocycles. The molecule has 0 radical (unpaired) electrons. The Morgan fingerprint density at radius 2 is 1.94 bits per heavy atom. The molecule has 0 aliphatic rings. The van der Waals surface area contributed by atoms with E-state index in [0.29, 0.717) is 17.4 Å². The number of hydrogen-bond acceptors (Lipinski definition) is 3. The average Bonchev–Trinajstić information content (AvgIpc) is 2.38. The van der Waals surface area contributed by atoms with Crippen molar-refractivity contribution in [3.8, 4) is 5.75 Å². The van der Waals surface area contributed by atoms with Crippen molar-refractivity contribution in [2.75, 3.05) is 0 Å². The summed E-state index contributed by atoms with van der Waals surface area (Å²) in [5.41, 5.74) is 0.968. The molecule has 4 nitrogen and oxygen atoms in total. The van der Waals surface area contributed by atoms with Gasteiger partial charge in [0.25, 0.3) is 0 Å². The van der Waals surface area contributed by atoms with E-state index in [9.17, 15) is 4.79 Å². The van der Waals surface area contributed by atoms with Gasteiger partial charge in [0.2, 0.25) is 0 Å². The molecule has 1 N–H and O–H groups in total. The van der Waals surface area contributed by atoms with Gasteiger partial charge in [0.15, 0.2) is 0 Å². The van der Waals surface area contributed by atoms with Crippen LogP contribution in [0.15, 0.2) is 42.6 Å². The molecule has 18 heavy (non-hydrogen) atoms. The van der Waals surface area contributed by atoms with Gasteiger partial charge in [-0.1, -0.05) is 23.7 Å². The van der Waals surface area contributed by atoms with Crippen molar-refractivity contribution >= 4 is 17.6 Å². The number of carbonyl (C=O) groups is 1. The molecule has 5 heteroatoms. The van der Waals surface area contributed by atoms with Crippen LogP contribution in [-0.2, 0) is 6.61 Å². The fourth-order valence-electron chi connectivity index (χ4n) is 1.34. The number of aromatic nitrogens is 1. The van der Waals surface area contributed by atoms with Crippen LogP contribution in [0.1, 0.15) is 16.1 Å². The van der Waals surface area contributed by atoms with Gasteiger partial charge in [0.05, 0.1) is 6.20 Å². The summed E-state index contributed by atoms with van der Waals surface area (Å²) in [7, 11) is 0. The summed E-state index contributed by atoms with van der Waals surface area (Å²) < 4.78 is 5.47. The minimum Gasteiger partial charge on any atom is -0.487 e. The van der Waals surface area contributed by atoms with Crippen molar-refractivity contribution in [2.45, 2.75) is 6.61 Å². The quantitative estimate of drug-likeness (QED) is 0.921. The molecule has 0 aliphatic carbocycles. The molecule has 0 atom stereocenters. The summed E-state index contributed by atoms with van der Waals surface area (Å²) in [6, 6.07) is 10.3. The Balaban J connectivity index is 1.97. The lowest BCUT2D eigenvalue weighted by Gasteiger charge is -2.06. The van der Waals surface area contributed by atoms with Gasteiger partial charge in [-0.25, -0.2) is 9.78 Å². The maximum Gasteiger partial charge on any atom is 0.354 e. The predicted octanol–water partition coefficient (Wildman–Crippen LogP) is 3.01. The number of ether oxygens (including phenoxy) is 1. The molecule has 0 amide bonds. The molecule has 1 heterocycles. The van der Waals surface area contributed by atoms with Crippen molar-refractivity contribution in [1.29, 1.82) is 0 Å². The highest BCUT2D eigenvalue weighted by Gasteiger charge is 2.04. The molecule has 92 valence electrons. The summed E-state index contributed by atoms with van der Waals surface area (Å²) in [6.07, 6.45) is 1.39. The van der Waals surface area contributed by atoms with Crippen LogP contribution < -0.4 is 4.74 Å². The van der Waals surface area contributed by atoms with Crippen LogP contribution in [0.25, 0.3) is 0 Å². The zero-order valence-electron chi connectivity index (χ0n) is 9.34. The number of rotatable bonds is 4. The number of halogens is 1. The number of carboxylic acid groups (broad SMARTS) is 1. The van der Waals surface area contributed by atoms with Crippen molar-refractivity contribution in [1.82, 2.24) is 4.98 Å². The van der Waals surface area contributed by atoms with Gasteiger partial charge in [0.1, 0.15) is 18.1 Å². The highest BCUT2D eigenvalue weighted by atomic mass is 35.5. The first-order chi connectivity index (χ1) is 8.65. The Hall–Kier alpha value is -2.07. The third-order valence-electron chi connectivity index (χ3n) is 2.27. The predicted molar refractivity (Wildman–Crippen MR) is 67.0 cm³/mol. The molecule has 2 aromatic rings. The van der Waals surface area contributed by atoms with Crippen LogP contribution in [0.5, 0.6) is 5.75 Å². The summed E-state index contributed by atoms with van der Waals surface area (Å²) in [5, 5.41) is 9.37. The molecule has 0 saturated carbocycles. The van der Waals surface area contributed by atoms with E-state index < -0.39 is 5.97 Å². The van der Waals surface area contributed by atoms with E-state index in [0.717, 1.165) is 5.56 Å². The lowest BCUT2D eigenvalue weighted by Crippen LogP contribution is -2.01. The number of hydrogen-bond donors (Lipinski definition) is 1. The molecule has 2 rings (SSSR count). The summed E-state index contributed by atoms with van der Waals surface area (Å²) in [6.45, 7) is 0.380. The Morgan fingerprint density at radius 3 is 2.50 bits per heavy atom. The van der Waals surface area contributed by atoms with Gasteiger partial charge in [-0.15, -0.1) is 0 Å². The highest BCUT2D eigenvalue weighted by Crippen LogP contribution is 2.14. The smallest absolute Gasteiger partial charge is 0.354 e. The maximum absolute atomic E-state index is 10.6. The number of pyridine rings is 1. The van der Waals surface area contributed by atoms with Crippen molar-refractivity contribution < 1.29 is 14.6 Å². The molecule has 0 unspecified atom stereocenters. The summed E-state index contributed by atoms with van der Waals surface area (Å²) in [4.78, 5) is 14.4. The Kier molecular flexibility index (Phi) is 3.79. The Morgan fingerprint density at radius 1 is 1.22 bits per heavy atom. The molecular formula is C13H10ClNO3. The van der Waals surface area contributed by atoms with Crippen LogP contribution >= 0.6 is 11.6 Å². The Labute approximate surface area is 109 Å². The molecule has 0 fully saturated rings. The lowest BCUT2D eigenvalue weighted by atomic mass is 10.2. The van der Waals surface area contributed by atoms with Crippen molar-refractivity contribution in [2.24, 2.45) is 0 Å². The normalized spacial score (nSPS) is 10.1.